The molecular formula is C11H22O2S. The van der Waals surface area contributed by atoms with Gasteiger partial charge in [0, 0.05) is 0 Å². The molecule has 0 amide bonds. The fourth-order valence-electron chi connectivity index (χ4n) is 2.04. The predicted octanol–water partition coefficient (Wildman–Crippen LogP) is 2.64. The van der Waals surface area contributed by atoms with Crippen LogP contribution in [0.3, 0.4) is 0 Å². The summed E-state index contributed by atoms with van der Waals surface area (Å²) >= 11 is 0. The molecule has 1 aliphatic rings. The number of hydrogen-bond donors (Lipinski definition) is 0. The van der Waals surface area contributed by atoms with Gasteiger partial charge in [0.05, 0.1) is 10.5 Å². The number of rotatable bonds is 2. The van der Waals surface area contributed by atoms with Gasteiger partial charge in [-0.25, -0.2) is 8.42 Å². The Labute approximate surface area is 88.0 Å². The van der Waals surface area contributed by atoms with Crippen molar-refractivity contribution < 1.29 is 8.42 Å². The molecule has 2 atom stereocenters. The third-order valence-electron chi connectivity index (χ3n) is 3.19. The van der Waals surface area contributed by atoms with E-state index in [0.717, 1.165) is 18.8 Å². The molecule has 2 nitrogen and oxygen atoms in total. The molecule has 3 heteroatoms. The molecule has 0 heterocycles. The van der Waals surface area contributed by atoms with Crippen LogP contribution in [-0.4, -0.2) is 18.9 Å². The first-order valence-electron chi connectivity index (χ1n) is 5.44. The van der Waals surface area contributed by atoms with Gasteiger partial charge >= 0.3 is 0 Å². The maximum Gasteiger partial charge on any atom is 0.155 e. The van der Waals surface area contributed by atoms with Gasteiger partial charge in [-0.1, -0.05) is 13.3 Å². The fourth-order valence-corrected chi connectivity index (χ4v) is 3.46. The molecule has 0 saturated heterocycles. The number of hydrogen-bond acceptors (Lipinski definition) is 2. The smallest absolute Gasteiger partial charge is 0.155 e. The first-order chi connectivity index (χ1) is 6.22. The van der Waals surface area contributed by atoms with Crippen molar-refractivity contribution >= 4 is 9.84 Å². The lowest BCUT2D eigenvalue weighted by Crippen LogP contribution is -2.32. The molecule has 84 valence electrons. The summed E-state index contributed by atoms with van der Waals surface area (Å²) in [7, 11) is -2.90. The SMILES string of the molecule is C[C@H]1CC[C@@H](CS(=O)(=O)C(C)(C)C)C1. The molecule has 0 aliphatic heterocycles. The van der Waals surface area contributed by atoms with Gasteiger partial charge in [-0.15, -0.1) is 0 Å². The average Bonchev–Trinajstić information content (AvgIpc) is 2.31. The van der Waals surface area contributed by atoms with Crippen molar-refractivity contribution in [1.29, 1.82) is 0 Å². The molecule has 0 aromatic rings. The molecule has 14 heavy (non-hydrogen) atoms. The van der Waals surface area contributed by atoms with Crippen LogP contribution in [0.15, 0.2) is 0 Å². The molecule has 0 aromatic heterocycles. The van der Waals surface area contributed by atoms with E-state index in [9.17, 15) is 8.42 Å². The topological polar surface area (TPSA) is 34.1 Å². The standard InChI is InChI=1S/C11H22O2S/c1-9-5-6-10(7-9)8-14(12,13)11(2,3)4/h9-10H,5-8H2,1-4H3/t9-,10+/m0/s1. The molecule has 0 N–H and O–H groups in total. The van der Waals surface area contributed by atoms with Gasteiger partial charge in [0.1, 0.15) is 0 Å². The largest absolute Gasteiger partial charge is 0.228 e. The summed E-state index contributed by atoms with van der Waals surface area (Å²) in [5, 5.41) is 0. The van der Waals surface area contributed by atoms with Gasteiger partial charge < -0.3 is 0 Å². The summed E-state index contributed by atoms with van der Waals surface area (Å²) in [4.78, 5) is 0. The first-order valence-corrected chi connectivity index (χ1v) is 7.10. The summed E-state index contributed by atoms with van der Waals surface area (Å²) in [5.74, 6) is 1.52. The molecule has 1 saturated carbocycles. The minimum absolute atomic E-state index is 0.390. The van der Waals surface area contributed by atoms with Gasteiger partial charge in [-0.05, 0) is 45.4 Å². The van der Waals surface area contributed by atoms with Gasteiger partial charge in [0.15, 0.2) is 9.84 Å². The van der Waals surface area contributed by atoms with E-state index in [1.807, 2.05) is 0 Å². The van der Waals surface area contributed by atoms with E-state index in [-0.39, 0.29) is 0 Å². The van der Waals surface area contributed by atoms with E-state index in [2.05, 4.69) is 6.92 Å². The Kier molecular flexibility index (Phi) is 3.30. The molecule has 0 bridgehead atoms. The zero-order chi connectivity index (χ0) is 11.0. The molecule has 0 unspecified atom stereocenters. The highest BCUT2D eigenvalue weighted by atomic mass is 32.2. The zero-order valence-electron chi connectivity index (χ0n) is 9.71. The van der Waals surface area contributed by atoms with E-state index in [4.69, 9.17) is 0 Å². The van der Waals surface area contributed by atoms with Crippen molar-refractivity contribution in [3.8, 4) is 0 Å². The second-order valence-electron chi connectivity index (χ2n) is 5.68. The van der Waals surface area contributed by atoms with E-state index in [1.165, 1.54) is 6.42 Å². The van der Waals surface area contributed by atoms with Crippen molar-refractivity contribution in [3.05, 3.63) is 0 Å². The highest BCUT2D eigenvalue weighted by Crippen LogP contribution is 2.33. The van der Waals surface area contributed by atoms with Crippen LogP contribution < -0.4 is 0 Å². The Bertz CT molecular complexity index is 285. The van der Waals surface area contributed by atoms with Crippen LogP contribution in [0.25, 0.3) is 0 Å². The lowest BCUT2D eigenvalue weighted by Gasteiger charge is -2.21. The predicted molar refractivity (Wildman–Crippen MR) is 60.0 cm³/mol. The molecule has 1 fully saturated rings. The van der Waals surface area contributed by atoms with Crippen molar-refractivity contribution in [2.24, 2.45) is 11.8 Å². The van der Waals surface area contributed by atoms with Gasteiger partial charge in [0.25, 0.3) is 0 Å². The molecule has 0 spiro atoms. The van der Waals surface area contributed by atoms with Crippen LogP contribution in [0.5, 0.6) is 0 Å². The summed E-state index contributed by atoms with van der Waals surface area (Å²) in [6.07, 6.45) is 3.39. The number of sulfone groups is 1. The van der Waals surface area contributed by atoms with Gasteiger partial charge in [-0.2, -0.15) is 0 Å². The summed E-state index contributed by atoms with van der Waals surface area (Å²) in [5.41, 5.74) is 0. The maximum atomic E-state index is 11.9. The molecule has 0 radical (unpaired) electrons. The van der Waals surface area contributed by atoms with Crippen molar-refractivity contribution in [3.63, 3.8) is 0 Å². The normalized spacial score (nSPS) is 29.4. The van der Waals surface area contributed by atoms with Crippen LogP contribution in [-0.2, 0) is 9.84 Å². The van der Waals surface area contributed by atoms with Crippen LogP contribution in [0.2, 0.25) is 0 Å². The third-order valence-corrected chi connectivity index (χ3v) is 5.97. The van der Waals surface area contributed by atoms with Crippen LogP contribution >= 0.6 is 0 Å². The van der Waals surface area contributed by atoms with E-state index >= 15 is 0 Å². The fraction of sp³-hybridized carbons (Fsp3) is 1.00. The Morgan fingerprint density at radius 3 is 2.14 bits per heavy atom. The first kappa shape index (κ1) is 12.0. The van der Waals surface area contributed by atoms with Gasteiger partial charge in [-0.3, -0.25) is 0 Å². The minimum atomic E-state index is -2.90. The molecule has 1 rings (SSSR count). The monoisotopic (exact) mass is 218 g/mol. The third kappa shape index (κ3) is 2.72. The van der Waals surface area contributed by atoms with E-state index < -0.39 is 14.6 Å². The van der Waals surface area contributed by atoms with Crippen LogP contribution in [0.4, 0.5) is 0 Å². The lowest BCUT2D eigenvalue weighted by atomic mass is 10.1. The lowest BCUT2D eigenvalue weighted by molar-refractivity contribution is 0.518. The Morgan fingerprint density at radius 1 is 1.21 bits per heavy atom. The minimum Gasteiger partial charge on any atom is -0.228 e. The van der Waals surface area contributed by atoms with Crippen LogP contribution in [0.1, 0.15) is 47.0 Å². The maximum absolute atomic E-state index is 11.9. The highest BCUT2D eigenvalue weighted by Gasteiger charge is 2.33. The molecular weight excluding hydrogens is 196 g/mol. The summed E-state index contributed by atoms with van der Waals surface area (Å²) < 4.78 is 23.2. The Hall–Kier alpha value is -0.0500. The Morgan fingerprint density at radius 2 is 1.79 bits per heavy atom. The molecule has 0 aromatic carbocycles. The van der Waals surface area contributed by atoms with Crippen molar-refractivity contribution in [2.75, 3.05) is 5.75 Å². The van der Waals surface area contributed by atoms with Crippen LogP contribution in [0, 0.1) is 11.8 Å². The van der Waals surface area contributed by atoms with Gasteiger partial charge in [0.2, 0.25) is 0 Å². The van der Waals surface area contributed by atoms with Crippen molar-refractivity contribution in [1.82, 2.24) is 0 Å². The second-order valence-corrected chi connectivity index (χ2v) is 8.47. The average molecular weight is 218 g/mol. The van der Waals surface area contributed by atoms with E-state index in [0.29, 0.717) is 11.7 Å². The quantitative estimate of drug-likeness (QED) is 0.714. The summed E-state index contributed by atoms with van der Waals surface area (Å²) in [6, 6.07) is 0. The molecule has 1 aliphatic carbocycles. The Balaban J connectivity index is 2.61. The highest BCUT2D eigenvalue weighted by molar-refractivity contribution is 7.92. The zero-order valence-corrected chi connectivity index (χ0v) is 10.5. The van der Waals surface area contributed by atoms with Crippen molar-refractivity contribution in [2.45, 2.75) is 51.7 Å². The summed E-state index contributed by atoms with van der Waals surface area (Å²) in [6.45, 7) is 7.59. The van der Waals surface area contributed by atoms with E-state index in [1.54, 1.807) is 20.8 Å². The second kappa shape index (κ2) is 3.84.